The molecule has 0 spiro atoms. The van der Waals surface area contributed by atoms with E-state index in [-0.39, 0.29) is 5.91 Å². The molecule has 0 unspecified atom stereocenters. The van der Waals surface area contributed by atoms with Gasteiger partial charge in [0.05, 0.1) is 12.8 Å². The smallest absolute Gasteiger partial charge is 0.310 e. The van der Waals surface area contributed by atoms with Gasteiger partial charge < -0.3 is 26.9 Å². The highest BCUT2D eigenvalue weighted by Gasteiger charge is 2.22. The summed E-state index contributed by atoms with van der Waals surface area (Å²) in [5.41, 5.74) is 4.53. The molecule has 2 rings (SSSR count). The van der Waals surface area contributed by atoms with Gasteiger partial charge >= 0.3 is 5.91 Å². The molecular weight excluding hydrogens is 291 g/mol. The molecule has 1 amide bonds. The van der Waals surface area contributed by atoms with Gasteiger partial charge in [0.1, 0.15) is 0 Å². The Morgan fingerprint density at radius 1 is 1.67 bits per heavy atom. The average molecular weight is 305 g/mol. The molecule has 0 saturated carbocycles. The van der Waals surface area contributed by atoms with Gasteiger partial charge in [-0.25, -0.2) is 4.39 Å². The van der Waals surface area contributed by atoms with Crippen molar-refractivity contribution in [3.05, 3.63) is 66.2 Å². The number of carbonyl (C=O) groups is 1. The van der Waals surface area contributed by atoms with E-state index in [1.807, 2.05) is 0 Å². The third-order valence-corrected chi connectivity index (χ3v) is 3.27. The van der Waals surface area contributed by atoms with Gasteiger partial charge in [0, 0.05) is 18.8 Å². The van der Waals surface area contributed by atoms with Crippen LogP contribution in [0.4, 0.5) is 4.39 Å². The van der Waals surface area contributed by atoms with Crippen LogP contribution in [-0.2, 0) is 4.79 Å². The van der Waals surface area contributed by atoms with Crippen LogP contribution in [0, 0.1) is 24.7 Å². The fourth-order valence-electron chi connectivity index (χ4n) is 1.71. The van der Waals surface area contributed by atoms with Crippen LogP contribution < -0.4 is 10.0 Å². The summed E-state index contributed by atoms with van der Waals surface area (Å²) in [6.45, 7) is 9.06. The van der Waals surface area contributed by atoms with E-state index in [1.165, 1.54) is 33.3 Å². The number of halogens is 1. The third-order valence-electron chi connectivity index (χ3n) is 2.78. The summed E-state index contributed by atoms with van der Waals surface area (Å²) in [4.78, 5) is 15.7. The number of hydrogen-bond acceptors (Lipinski definition) is 3. The van der Waals surface area contributed by atoms with Gasteiger partial charge in [-0.2, -0.15) is 6.58 Å². The minimum absolute atomic E-state index is 0.159. The second-order valence-corrected chi connectivity index (χ2v) is 5.06. The lowest BCUT2D eigenvalue weighted by atomic mass is 10.2. The van der Waals surface area contributed by atoms with Gasteiger partial charge in [0.25, 0.3) is 0 Å². The molecule has 112 valence electrons. The molecule has 1 aromatic rings. The number of hydrogen-bond donors (Lipinski definition) is 0. The number of rotatable bonds is 4. The van der Waals surface area contributed by atoms with Gasteiger partial charge in [-0.3, -0.25) is 15.6 Å². The maximum absolute atomic E-state index is 13.2. The van der Waals surface area contributed by atoms with E-state index in [0.29, 0.717) is 29.3 Å². The minimum atomic E-state index is -0.467. The number of thioether (sulfide) groups is 1. The minimum Gasteiger partial charge on any atom is -0.457 e. The second kappa shape index (κ2) is 6.53. The zero-order chi connectivity index (χ0) is 15.4. The van der Waals surface area contributed by atoms with E-state index in [1.54, 1.807) is 6.54 Å². The molecule has 0 N–H and O–H groups in total. The molecule has 1 saturated heterocycles. The highest BCUT2D eigenvalue weighted by Crippen LogP contribution is 2.29. The summed E-state index contributed by atoms with van der Waals surface area (Å²) in [5, 5.41) is 0.445. The van der Waals surface area contributed by atoms with Crippen LogP contribution in [0.5, 0.6) is 0 Å². The number of pyridine rings is 1. The number of amides is 1. The second-order valence-electron chi connectivity index (χ2n) is 4.25. The quantitative estimate of drug-likeness (QED) is 0.480. The van der Waals surface area contributed by atoms with Crippen molar-refractivity contribution in [3.8, 4) is 0 Å². The van der Waals surface area contributed by atoms with E-state index in [9.17, 15) is 9.18 Å². The van der Waals surface area contributed by atoms with Crippen LogP contribution in [0.3, 0.4) is 0 Å². The first-order valence-corrected chi connectivity index (χ1v) is 7.21. The van der Waals surface area contributed by atoms with E-state index in [2.05, 4.69) is 30.0 Å². The third kappa shape index (κ3) is 3.49. The topological polar surface area (TPSA) is 50.1 Å². The monoisotopic (exact) mass is 305 g/mol. The standard InChI is InChI=1S/C14H14FN4OS/c1-10-13(18(2)14(20)4-5-21-3)9-19(17-10)12-6-11(15)7-16-8-12/h6-9H,1-5H2/q-3. The fraction of sp³-hybridized carbons (Fsp3) is 0.143. The Morgan fingerprint density at radius 2 is 2.43 bits per heavy atom. The molecule has 0 atom stereocenters. The van der Waals surface area contributed by atoms with E-state index >= 15 is 0 Å². The van der Waals surface area contributed by atoms with Crippen molar-refractivity contribution in [2.45, 2.75) is 6.42 Å². The Hall–Kier alpha value is -2.15. The van der Waals surface area contributed by atoms with Gasteiger partial charge in [-0.15, -0.1) is 11.8 Å². The van der Waals surface area contributed by atoms with Gasteiger partial charge in [-0.1, -0.05) is 12.4 Å². The van der Waals surface area contributed by atoms with Crippen LogP contribution in [0.25, 0.3) is 5.43 Å². The van der Waals surface area contributed by atoms with Crippen LogP contribution in [0.1, 0.15) is 6.42 Å². The summed E-state index contributed by atoms with van der Waals surface area (Å²) < 4.78 is 15.8. The van der Waals surface area contributed by atoms with Crippen LogP contribution in [-0.4, -0.2) is 27.9 Å². The predicted molar refractivity (Wildman–Crippen MR) is 79.9 cm³/mol. The van der Waals surface area contributed by atoms with Gasteiger partial charge in [0.15, 0.2) is 0 Å². The molecule has 2 heterocycles. The molecule has 0 radical (unpaired) electrons. The highest BCUT2D eigenvalue weighted by atomic mass is 32.2. The average Bonchev–Trinajstić information content (AvgIpc) is 2.86. The lowest BCUT2D eigenvalue weighted by Gasteiger charge is -2.17. The van der Waals surface area contributed by atoms with Crippen LogP contribution in [0.15, 0.2) is 30.7 Å². The van der Waals surface area contributed by atoms with Crippen molar-refractivity contribution in [2.75, 3.05) is 5.75 Å². The SMILES string of the molecule is C=C1[N-]/[N+](=c2/cncc(F)[cH-]2)[CH-][C-]1[N+](=C)C(=O)CCS[CH2-]. The van der Waals surface area contributed by atoms with Crippen molar-refractivity contribution < 1.29 is 13.8 Å². The van der Waals surface area contributed by atoms with E-state index in [4.69, 9.17) is 0 Å². The molecule has 0 aliphatic carbocycles. The molecule has 21 heavy (non-hydrogen) atoms. The molecular formula is C14H14FN4OS-3. The first kappa shape index (κ1) is 15.2. The summed E-state index contributed by atoms with van der Waals surface area (Å²) in [5.74, 6) is -0.0163. The largest absolute Gasteiger partial charge is 0.457 e. The predicted octanol–water partition coefficient (Wildman–Crippen LogP) is 1.38. The van der Waals surface area contributed by atoms with Crippen molar-refractivity contribution in [1.82, 2.24) is 9.67 Å². The summed E-state index contributed by atoms with van der Waals surface area (Å²) in [7, 11) is 0. The molecule has 1 aromatic heterocycles. The lowest BCUT2D eigenvalue weighted by molar-refractivity contribution is -0.416. The van der Waals surface area contributed by atoms with E-state index in [0.717, 1.165) is 6.20 Å². The van der Waals surface area contributed by atoms with E-state index < -0.39 is 5.82 Å². The highest BCUT2D eigenvalue weighted by molar-refractivity contribution is 8.00. The summed E-state index contributed by atoms with van der Waals surface area (Å²) in [6.07, 6.45) is 6.51. The van der Waals surface area contributed by atoms with Gasteiger partial charge in [0.2, 0.25) is 0 Å². The number of nitrogens with zero attached hydrogens (tertiary/aromatic N) is 4. The molecule has 7 heteroatoms. The normalized spacial score (nSPS) is 16.5. The number of aromatic nitrogens is 1. The Morgan fingerprint density at radius 3 is 3.10 bits per heavy atom. The van der Waals surface area contributed by atoms with Crippen LogP contribution in [0.2, 0.25) is 0 Å². The molecule has 1 fully saturated rings. The Labute approximate surface area is 126 Å². The molecule has 0 bridgehead atoms. The van der Waals surface area contributed by atoms with Crippen molar-refractivity contribution in [2.24, 2.45) is 0 Å². The molecule has 5 nitrogen and oxygen atoms in total. The zero-order valence-electron chi connectivity index (χ0n) is 11.3. The Kier molecular flexibility index (Phi) is 4.74. The van der Waals surface area contributed by atoms with Crippen molar-refractivity contribution >= 4 is 24.4 Å². The zero-order valence-corrected chi connectivity index (χ0v) is 12.1. The Bertz CT molecular complexity index is 652. The maximum atomic E-state index is 13.2. The lowest BCUT2D eigenvalue weighted by Crippen LogP contribution is -2.27. The van der Waals surface area contributed by atoms with Crippen LogP contribution >= 0.6 is 11.8 Å². The summed E-state index contributed by atoms with van der Waals surface area (Å²) in [6, 6.07) is 1.76. The first-order valence-electron chi connectivity index (χ1n) is 6.06. The van der Waals surface area contributed by atoms with Gasteiger partial charge in [-0.05, 0) is 11.1 Å². The number of carbonyl (C=O) groups excluding carboxylic acids is 1. The Balaban J connectivity index is 2.19. The molecule has 1 aliphatic heterocycles. The first-order chi connectivity index (χ1) is 10.0. The molecule has 1 aliphatic rings. The van der Waals surface area contributed by atoms with Crippen molar-refractivity contribution in [1.29, 1.82) is 0 Å². The summed E-state index contributed by atoms with van der Waals surface area (Å²) >= 11 is 1.34. The fourth-order valence-corrected chi connectivity index (χ4v) is 2.03. The molecule has 0 aromatic carbocycles. The van der Waals surface area contributed by atoms with Crippen molar-refractivity contribution in [3.63, 3.8) is 0 Å². The maximum Gasteiger partial charge on any atom is 0.310 e.